The first-order chi connectivity index (χ1) is 9.29. The van der Waals surface area contributed by atoms with Gasteiger partial charge in [-0.3, -0.25) is 0 Å². The van der Waals surface area contributed by atoms with Crippen LogP contribution >= 0.6 is 0 Å². The fourth-order valence-electron chi connectivity index (χ4n) is 2.17. The van der Waals surface area contributed by atoms with Crippen LogP contribution in [0.1, 0.15) is 18.4 Å². The second-order valence-electron chi connectivity index (χ2n) is 4.70. The summed E-state index contributed by atoms with van der Waals surface area (Å²) in [6, 6.07) is 9.51. The van der Waals surface area contributed by atoms with Gasteiger partial charge in [-0.15, -0.1) is 0 Å². The van der Waals surface area contributed by atoms with Crippen molar-refractivity contribution in [3.63, 3.8) is 0 Å². The molecule has 0 spiro atoms. The molecular weight excluding hydrogens is 242 g/mol. The van der Waals surface area contributed by atoms with E-state index >= 15 is 0 Å². The van der Waals surface area contributed by atoms with Crippen molar-refractivity contribution in [2.24, 2.45) is 5.92 Å². The number of amides is 1. The standard InChI is InChI=1S/C15H19NO3/c17-10-13-8-4-5-9-14(13)16-15(18)19-11-12-6-2-1-3-7-12/h1-7,13-14,17H,8-11H2,(H,16,18)/t13-,14+/m0/s1. The van der Waals surface area contributed by atoms with E-state index in [0.29, 0.717) is 0 Å². The number of alkyl carbamates (subject to hydrolysis) is 1. The van der Waals surface area contributed by atoms with Gasteiger partial charge in [0.05, 0.1) is 0 Å². The van der Waals surface area contributed by atoms with Gasteiger partial charge in [-0.1, -0.05) is 42.5 Å². The quantitative estimate of drug-likeness (QED) is 0.817. The summed E-state index contributed by atoms with van der Waals surface area (Å²) < 4.78 is 5.17. The lowest BCUT2D eigenvalue weighted by Gasteiger charge is -2.27. The molecule has 4 heteroatoms. The molecule has 2 N–H and O–H groups in total. The van der Waals surface area contributed by atoms with Gasteiger partial charge in [0.15, 0.2) is 0 Å². The molecule has 0 aliphatic heterocycles. The second-order valence-corrected chi connectivity index (χ2v) is 4.70. The molecule has 0 unspecified atom stereocenters. The van der Waals surface area contributed by atoms with Gasteiger partial charge in [-0.2, -0.15) is 0 Å². The first-order valence-electron chi connectivity index (χ1n) is 6.52. The lowest BCUT2D eigenvalue weighted by molar-refractivity contribution is 0.123. The molecule has 1 aliphatic rings. The minimum Gasteiger partial charge on any atom is -0.445 e. The number of ether oxygens (including phenoxy) is 1. The van der Waals surface area contributed by atoms with Crippen LogP contribution in [-0.4, -0.2) is 23.8 Å². The molecule has 0 aromatic heterocycles. The number of carbonyl (C=O) groups is 1. The van der Waals surface area contributed by atoms with Gasteiger partial charge < -0.3 is 15.2 Å². The van der Waals surface area contributed by atoms with Gasteiger partial charge in [0.2, 0.25) is 0 Å². The van der Waals surface area contributed by atoms with Crippen LogP contribution in [0.2, 0.25) is 0 Å². The minimum atomic E-state index is -0.428. The molecule has 1 amide bonds. The van der Waals surface area contributed by atoms with E-state index in [4.69, 9.17) is 4.74 Å². The Balaban J connectivity index is 1.79. The number of carbonyl (C=O) groups excluding carboxylic acids is 1. The van der Waals surface area contributed by atoms with E-state index in [-0.39, 0.29) is 25.2 Å². The van der Waals surface area contributed by atoms with Gasteiger partial charge in [0.1, 0.15) is 6.61 Å². The third-order valence-corrected chi connectivity index (χ3v) is 3.32. The highest BCUT2D eigenvalue weighted by molar-refractivity contribution is 5.67. The molecule has 1 aromatic rings. The van der Waals surface area contributed by atoms with Crippen LogP contribution in [0.15, 0.2) is 42.5 Å². The van der Waals surface area contributed by atoms with Crippen LogP contribution in [0.5, 0.6) is 0 Å². The van der Waals surface area contributed by atoms with E-state index in [1.807, 2.05) is 42.5 Å². The maximum Gasteiger partial charge on any atom is 0.407 e. The monoisotopic (exact) mass is 261 g/mol. The Hall–Kier alpha value is -1.81. The third kappa shape index (κ3) is 4.10. The van der Waals surface area contributed by atoms with Crippen LogP contribution < -0.4 is 5.32 Å². The van der Waals surface area contributed by atoms with Gasteiger partial charge in [-0.25, -0.2) is 4.79 Å². The summed E-state index contributed by atoms with van der Waals surface area (Å²) in [4.78, 5) is 11.7. The first kappa shape index (κ1) is 13.6. The average molecular weight is 261 g/mol. The van der Waals surface area contributed by atoms with Crippen LogP contribution in [-0.2, 0) is 11.3 Å². The summed E-state index contributed by atoms with van der Waals surface area (Å²) in [6.45, 7) is 0.340. The molecule has 0 bridgehead atoms. The van der Waals surface area contributed by atoms with Gasteiger partial charge in [0.25, 0.3) is 0 Å². The Kier molecular flexibility index (Phi) is 4.98. The Bertz CT molecular complexity index is 430. The lowest BCUT2D eigenvalue weighted by Crippen LogP contribution is -2.42. The van der Waals surface area contributed by atoms with Gasteiger partial charge >= 0.3 is 6.09 Å². The SMILES string of the molecule is O=C(N[C@@H]1CC=CC[C@H]1CO)OCc1ccccc1. The summed E-state index contributed by atoms with van der Waals surface area (Å²) in [7, 11) is 0. The first-order valence-corrected chi connectivity index (χ1v) is 6.52. The number of hydrogen-bond donors (Lipinski definition) is 2. The Morgan fingerprint density at radius 1 is 1.26 bits per heavy atom. The van der Waals surface area contributed by atoms with Crippen LogP contribution in [0, 0.1) is 5.92 Å². The normalized spacial score (nSPS) is 21.9. The number of allylic oxidation sites excluding steroid dienone is 1. The molecule has 1 aliphatic carbocycles. The fourth-order valence-corrected chi connectivity index (χ4v) is 2.17. The number of hydrogen-bond acceptors (Lipinski definition) is 3. The number of rotatable bonds is 4. The molecule has 0 radical (unpaired) electrons. The van der Waals surface area contributed by atoms with Gasteiger partial charge in [0, 0.05) is 18.6 Å². The molecule has 19 heavy (non-hydrogen) atoms. The predicted molar refractivity (Wildman–Crippen MR) is 72.5 cm³/mol. The van der Waals surface area contributed by atoms with Crippen LogP contribution in [0.4, 0.5) is 4.79 Å². The summed E-state index contributed by atoms with van der Waals surface area (Å²) in [6.07, 6.45) is 5.16. The smallest absolute Gasteiger partial charge is 0.407 e. The molecular formula is C15H19NO3. The zero-order valence-electron chi connectivity index (χ0n) is 10.8. The molecule has 0 saturated carbocycles. The molecule has 2 atom stereocenters. The molecule has 1 aromatic carbocycles. The van der Waals surface area contributed by atoms with E-state index in [2.05, 4.69) is 5.32 Å². The van der Waals surface area contributed by atoms with E-state index < -0.39 is 6.09 Å². The number of benzene rings is 1. The summed E-state index contributed by atoms with van der Waals surface area (Å²) in [5, 5.41) is 12.1. The van der Waals surface area contributed by atoms with E-state index in [9.17, 15) is 9.90 Å². The Morgan fingerprint density at radius 3 is 2.74 bits per heavy atom. The van der Waals surface area contributed by atoms with E-state index in [1.54, 1.807) is 0 Å². The van der Waals surface area contributed by atoms with Crippen molar-refractivity contribution in [2.75, 3.05) is 6.61 Å². The number of aliphatic hydroxyl groups excluding tert-OH is 1. The van der Waals surface area contributed by atoms with Crippen LogP contribution in [0.3, 0.4) is 0 Å². The van der Waals surface area contributed by atoms with Crippen molar-refractivity contribution >= 4 is 6.09 Å². The van der Waals surface area contributed by atoms with E-state index in [1.165, 1.54) is 0 Å². The topological polar surface area (TPSA) is 58.6 Å². The summed E-state index contributed by atoms with van der Waals surface area (Å²) in [5.41, 5.74) is 0.958. The van der Waals surface area contributed by atoms with Crippen molar-refractivity contribution in [3.05, 3.63) is 48.0 Å². The van der Waals surface area contributed by atoms with Crippen LogP contribution in [0.25, 0.3) is 0 Å². The highest BCUT2D eigenvalue weighted by atomic mass is 16.5. The Morgan fingerprint density at radius 2 is 2.00 bits per heavy atom. The largest absolute Gasteiger partial charge is 0.445 e. The average Bonchev–Trinajstić information content (AvgIpc) is 2.47. The summed E-state index contributed by atoms with van der Waals surface area (Å²) in [5.74, 6) is 0.0780. The fraction of sp³-hybridized carbons (Fsp3) is 0.400. The molecule has 2 rings (SSSR count). The van der Waals surface area contributed by atoms with E-state index in [0.717, 1.165) is 18.4 Å². The third-order valence-electron chi connectivity index (χ3n) is 3.32. The molecule has 0 heterocycles. The second kappa shape index (κ2) is 6.95. The highest BCUT2D eigenvalue weighted by Gasteiger charge is 2.23. The highest BCUT2D eigenvalue weighted by Crippen LogP contribution is 2.18. The maximum absolute atomic E-state index is 11.7. The number of aliphatic hydroxyl groups is 1. The van der Waals surface area contributed by atoms with Crippen molar-refractivity contribution in [1.82, 2.24) is 5.32 Å². The molecule has 0 fully saturated rings. The molecule has 102 valence electrons. The zero-order valence-corrected chi connectivity index (χ0v) is 10.8. The van der Waals surface area contributed by atoms with Crippen molar-refractivity contribution < 1.29 is 14.6 Å². The zero-order chi connectivity index (χ0) is 13.5. The maximum atomic E-state index is 11.7. The van der Waals surface area contributed by atoms with Crippen molar-refractivity contribution in [1.29, 1.82) is 0 Å². The lowest BCUT2D eigenvalue weighted by atomic mass is 9.90. The summed E-state index contributed by atoms with van der Waals surface area (Å²) >= 11 is 0. The minimum absolute atomic E-state index is 0.0433. The Labute approximate surface area is 113 Å². The van der Waals surface area contributed by atoms with Crippen molar-refractivity contribution in [3.8, 4) is 0 Å². The molecule has 0 saturated heterocycles. The van der Waals surface area contributed by atoms with Crippen molar-refractivity contribution in [2.45, 2.75) is 25.5 Å². The molecule has 4 nitrogen and oxygen atoms in total. The predicted octanol–water partition coefficient (Wildman–Crippen LogP) is 2.24. The van der Waals surface area contributed by atoms with Gasteiger partial charge in [-0.05, 0) is 18.4 Å². The number of nitrogens with one attached hydrogen (secondary N) is 1.